The van der Waals surface area contributed by atoms with Crippen molar-refractivity contribution in [1.29, 1.82) is 0 Å². The number of esters is 4. The van der Waals surface area contributed by atoms with E-state index in [-0.39, 0.29) is 25.7 Å². The van der Waals surface area contributed by atoms with Gasteiger partial charge in [-0.1, -0.05) is 395 Å². The van der Waals surface area contributed by atoms with Crippen molar-refractivity contribution >= 4 is 39.5 Å². The monoisotopic (exact) mass is 1520 g/mol. The summed E-state index contributed by atoms with van der Waals surface area (Å²) >= 11 is 0. The van der Waals surface area contributed by atoms with Gasteiger partial charge in [0.15, 0.2) is 12.2 Å². The van der Waals surface area contributed by atoms with Crippen molar-refractivity contribution in [3.8, 4) is 0 Å². The molecule has 3 N–H and O–H groups in total. The molecule has 17 nitrogen and oxygen atoms in total. The van der Waals surface area contributed by atoms with Gasteiger partial charge in [-0.05, 0) is 43.4 Å². The van der Waals surface area contributed by atoms with Crippen molar-refractivity contribution < 1.29 is 80.2 Å². The Morgan fingerprint density at radius 3 is 0.654 bits per heavy atom. The lowest BCUT2D eigenvalue weighted by Gasteiger charge is -2.21. The molecule has 0 saturated heterocycles. The number of phosphoric ester groups is 2. The Balaban J connectivity index is 5.23. The number of rotatable bonds is 83. The van der Waals surface area contributed by atoms with Crippen LogP contribution in [0.1, 0.15) is 447 Å². The van der Waals surface area contributed by atoms with Crippen LogP contribution in [0.4, 0.5) is 0 Å². The molecule has 5 atom stereocenters. The molecule has 0 aliphatic carbocycles. The van der Waals surface area contributed by atoms with Gasteiger partial charge in [-0.2, -0.15) is 0 Å². The Hall–Kier alpha value is -1.94. The average Bonchev–Trinajstić information content (AvgIpc) is 0.905. The highest BCUT2D eigenvalue weighted by Gasteiger charge is 2.30. The van der Waals surface area contributed by atoms with Crippen molar-refractivity contribution in [3.05, 3.63) is 0 Å². The third kappa shape index (κ3) is 78.2. The van der Waals surface area contributed by atoms with Crippen LogP contribution in [-0.4, -0.2) is 96.7 Å². The van der Waals surface area contributed by atoms with E-state index in [0.717, 1.165) is 108 Å². The average molecular weight is 1520 g/mol. The molecule has 0 saturated carbocycles. The van der Waals surface area contributed by atoms with Gasteiger partial charge in [-0.3, -0.25) is 37.3 Å². The first-order valence-electron chi connectivity index (χ1n) is 43.8. The summed E-state index contributed by atoms with van der Waals surface area (Å²) in [5.74, 6) is 0.280. The summed E-state index contributed by atoms with van der Waals surface area (Å²) in [6, 6.07) is 0. The van der Waals surface area contributed by atoms with Gasteiger partial charge < -0.3 is 33.8 Å². The van der Waals surface area contributed by atoms with Crippen molar-refractivity contribution in [2.75, 3.05) is 39.6 Å². The molecule has 0 amide bonds. The third-order valence-electron chi connectivity index (χ3n) is 19.9. The van der Waals surface area contributed by atoms with Crippen molar-refractivity contribution in [1.82, 2.24) is 0 Å². The fourth-order valence-corrected chi connectivity index (χ4v) is 14.8. The maximum atomic E-state index is 13.1. The van der Waals surface area contributed by atoms with Gasteiger partial charge >= 0.3 is 39.5 Å². The van der Waals surface area contributed by atoms with Crippen LogP contribution in [0.15, 0.2) is 0 Å². The third-order valence-corrected chi connectivity index (χ3v) is 21.8. The summed E-state index contributed by atoms with van der Waals surface area (Å²) in [5, 5.41) is 10.7. The Bertz CT molecular complexity index is 2010. The molecular weight excluding hydrogens is 1350 g/mol. The second-order valence-electron chi connectivity index (χ2n) is 32.0. The van der Waals surface area contributed by atoms with Gasteiger partial charge in [-0.15, -0.1) is 0 Å². The molecule has 0 aromatic rings. The molecule has 0 spiro atoms. The summed E-state index contributed by atoms with van der Waals surface area (Å²) < 4.78 is 68.8. The number of phosphoric acid groups is 2. The molecule has 0 aliphatic heterocycles. The molecule has 0 radical (unpaired) electrons. The SMILES string of the molecule is CCCCCCCCCCCCCC(=O)OC[C@H](COP(=O)(O)OC[C@H](O)COP(=O)(O)OC[C@@H](COC(=O)CCCCCCCCCCCCCCCCCCC(C)C)OC(=O)CCCCCCCCCCCCCCCCCCCCC(C)C)OC(=O)CCCCCCCCCCCCC(C)C. The van der Waals surface area contributed by atoms with Crippen LogP contribution in [0.25, 0.3) is 0 Å². The zero-order valence-electron chi connectivity index (χ0n) is 68.5. The summed E-state index contributed by atoms with van der Waals surface area (Å²) in [6.45, 7) is 12.0. The molecular formula is C85H166O17P2. The van der Waals surface area contributed by atoms with Crippen LogP contribution >= 0.6 is 15.6 Å². The predicted molar refractivity (Wildman–Crippen MR) is 428 cm³/mol. The fraction of sp³-hybridized carbons (Fsp3) is 0.953. The smallest absolute Gasteiger partial charge is 0.462 e. The quantitative estimate of drug-likeness (QED) is 0.0222. The lowest BCUT2D eigenvalue weighted by atomic mass is 10.0. The predicted octanol–water partition coefficient (Wildman–Crippen LogP) is 25.7. The first-order chi connectivity index (χ1) is 50.2. The van der Waals surface area contributed by atoms with E-state index in [0.29, 0.717) is 25.7 Å². The Kier molecular flexibility index (Phi) is 73.7. The first-order valence-corrected chi connectivity index (χ1v) is 46.8. The minimum Gasteiger partial charge on any atom is -0.462 e. The number of hydrogen-bond donors (Lipinski definition) is 3. The highest BCUT2D eigenvalue weighted by Crippen LogP contribution is 2.45. The molecule has 0 heterocycles. The Morgan fingerprint density at radius 1 is 0.260 bits per heavy atom. The zero-order valence-corrected chi connectivity index (χ0v) is 70.3. The lowest BCUT2D eigenvalue weighted by molar-refractivity contribution is -0.161. The van der Waals surface area contributed by atoms with Gasteiger partial charge in [-0.25, -0.2) is 9.13 Å². The second-order valence-corrected chi connectivity index (χ2v) is 34.9. The van der Waals surface area contributed by atoms with Crippen LogP contribution in [-0.2, 0) is 65.4 Å². The number of hydrogen-bond acceptors (Lipinski definition) is 15. The molecule has 19 heteroatoms. The molecule has 0 rings (SSSR count). The molecule has 2 unspecified atom stereocenters. The van der Waals surface area contributed by atoms with E-state index in [2.05, 4.69) is 48.5 Å². The van der Waals surface area contributed by atoms with Crippen LogP contribution in [0.2, 0.25) is 0 Å². The highest BCUT2D eigenvalue weighted by molar-refractivity contribution is 7.47. The molecule has 0 fully saturated rings. The van der Waals surface area contributed by atoms with E-state index in [4.69, 9.17) is 37.0 Å². The number of unbranched alkanes of at least 4 members (excludes halogenated alkanes) is 51. The number of carbonyl (C=O) groups excluding carboxylic acids is 4. The number of aliphatic hydroxyl groups is 1. The maximum absolute atomic E-state index is 13.1. The van der Waals surface area contributed by atoms with E-state index in [1.807, 2.05) is 0 Å². The largest absolute Gasteiger partial charge is 0.472 e. The summed E-state index contributed by atoms with van der Waals surface area (Å²) in [5.41, 5.74) is 0. The van der Waals surface area contributed by atoms with Crippen molar-refractivity contribution in [2.45, 2.75) is 465 Å². The minimum atomic E-state index is -4.97. The van der Waals surface area contributed by atoms with Crippen LogP contribution in [0, 0.1) is 17.8 Å². The van der Waals surface area contributed by atoms with E-state index < -0.39 is 97.5 Å². The summed E-state index contributed by atoms with van der Waals surface area (Å²) in [7, 11) is -9.93. The van der Waals surface area contributed by atoms with Gasteiger partial charge in [0.25, 0.3) is 0 Å². The zero-order chi connectivity index (χ0) is 76.5. The molecule has 0 aliphatic rings. The molecule has 104 heavy (non-hydrogen) atoms. The normalized spacial score (nSPS) is 13.9. The van der Waals surface area contributed by atoms with Gasteiger partial charge in [0.05, 0.1) is 26.4 Å². The minimum absolute atomic E-state index is 0.106. The van der Waals surface area contributed by atoms with Crippen molar-refractivity contribution in [2.24, 2.45) is 17.8 Å². The number of ether oxygens (including phenoxy) is 4. The van der Waals surface area contributed by atoms with Gasteiger partial charge in [0.2, 0.25) is 0 Å². The van der Waals surface area contributed by atoms with E-state index in [9.17, 15) is 43.2 Å². The van der Waals surface area contributed by atoms with Gasteiger partial charge in [0, 0.05) is 25.7 Å². The molecule has 0 bridgehead atoms. The topological polar surface area (TPSA) is 237 Å². The van der Waals surface area contributed by atoms with Crippen LogP contribution in [0.5, 0.6) is 0 Å². The molecule has 0 aromatic carbocycles. The Morgan fingerprint density at radius 2 is 0.442 bits per heavy atom. The van der Waals surface area contributed by atoms with E-state index in [1.54, 1.807) is 0 Å². The first kappa shape index (κ1) is 102. The van der Waals surface area contributed by atoms with Crippen molar-refractivity contribution in [3.63, 3.8) is 0 Å². The van der Waals surface area contributed by atoms with Crippen LogP contribution in [0.3, 0.4) is 0 Å². The second kappa shape index (κ2) is 75.1. The number of carbonyl (C=O) groups is 4. The number of aliphatic hydroxyl groups excluding tert-OH is 1. The lowest BCUT2D eigenvalue weighted by Crippen LogP contribution is -2.30. The highest BCUT2D eigenvalue weighted by atomic mass is 31.2. The summed E-state index contributed by atoms with van der Waals surface area (Å²) in [4.78, 5) is 73.2. The van der Waals surface area contributed by atoms with E-state index in [1.165, 1.54) is 257 Å². The molecule has 618 valence electrons. The van der Waals surface area contributed by atoms with Gasteiger partial charge in [0.1, 0.15) is 19.3 Å². The fourth-order valence-electron chi connectivity index (χ4n) is 13.2. The Labute approximate surface area is 638 Å². The molecule has 0 aromatic heterocycles. The summed E-state index contributed by atoms with van der Waals surface area (Å²) in [6.07, 6.45) is 65.2. The van der Waals surface area contributed by atoms with E-state index >= 15 is 0 Å². The van der Waals surface area contributed by atoms with Crippen LogP contribution < -0.4 is 0 Å². The standard InChI is InChI=1S/C85H166O17P2/c1-8-9-10-11-12-13-28-38-45-52-59-66-82(87)95-72-81(102-85(90)69-62-55-48-41-34-33-37-44-51-58-65-78(6)7)75-100-104(93,94)98-71-79(86)70-97-103(91,92)99-74-80(73-96-83(88)67-60-53-46-39-31-26-22-19-18-21-25-30-36-43-50-57-64-77(4)5)101-84(89)68-61-54-47-40-32-27-23-17-15-14-16-20-24-29-35-42-49-56-63-76(2)3/h76-81,86H,8-75H2,1-7H3,(H,91,92)(H,93,94)/t79-,80-,81-/m1/s1. The maximum Gasteiger partial charge on any atom is 0.472 e.